The van der Waals surface area contributed by atoms with Crippen molar-refractivity contribution < 1.29 is 24.8 Å². The SMILES string of the molecule is CC(C)(c1ccc(OC[C@H](O)CN2N=NC(CO)C2I)cc1)c1ccc(OC[C@@H](O)CCl)c(Br)c1. The summed E-state index contributed by atoms with van der Waals surface area (Å²) >= 11 is 11.3. The molecule has 0 bridgehead atoms. The van der Waals surface area contributed by atoms with Gasteiger partial charge in [-0.25, -0.2) is 0 Å². The number of aliphatic hydroxyl groups excluding tert-OH is 3. The van der Waals surface area contributed by atoms with Crippen LogP contribution in [-0.2, 0) is 5.41 Å². The molecule has 1 heterocycles. The number of aliphatic hydroxyl groups is 3. The van der Waals surface area contributed by atoms with Crippen molar-refractivity contribution in [1.29, 1.82) is 0 Å². The molecule has 0 saturated carbocycles. The lowest BCUT2D eigenvalue weighted by molar-refractivity contribution is 0.0686. The molecule has 8 nitrogen and oxygen atoms in total. The lowest BCUT2D eigenvalue weighted by atomic mass is 9.78. The summed E-state index contributed by atoms with van der Waals surface area (Å²) < 4.78 is 12.1. The number of ether oxygens (including phenoxy) is 2. The Morgan fingerprint density at radius 3 is 2.34 bits per heavy atom. The second kappa shape index (κ2) is 12.9. The lowest BCUT2D eigenvalue weighted by Crippen LogP contribution is -2.38. The zero-order chi connectivity index (χ0) is 25.6. The Balaban J connectivity index is 1.57. The van der Waals surface area contributed by atoms with Crippen molar-refractivity contribution in [3.63, 3.8) is 0 Å². The molecule has 11 heteroatoms. The molecule has 0 aliphatic carbocycles. The van der Waals surface area contributed by atoms with Gasteiger partial charge in [-0.15, -0.1) is 11.6 Å². The molecule has 0 fully saturated rings. The van der Waals surface area contributed by atoms with Gasteiger partial charge in [0, 0.05) is 5.41 Å². The normalized spacial score (nSPS) is 19.6. The third kappa shape index (κ3) is 7.42. The molecule has 2 aromatic carbocycles. The first-order chi connectivity index (χ1) is 16.6. The topological polar surface area (TPSA) is 107 Å². The fourth-order valence-corrected chi connectivity index (χ4v) is 4.82. The summed E-state index contributed by atoms with van der Waals surface area (Å²) in [5, 5.41) is 38.9. The highest BCUT2D eigenvalue weighted by atomic mass is 127. The zero-order valence-electron chi connectivity index (χ0n) is 19.5. The van der Waals surface area contributed by atoms with Gasteiger partial charge in [-0.2, -0.15) is 5.11 Å². The van der Waals surface area contributed by atoms with Gasteiger partial charge in [0.2, 0.25) is 0 Å². The number of alkyl halides is 2. The highest BCUT2D eigenvalue weighted by molar-refractivity contribution is 14.1. The Hall–Kier alpha value is -1.18. The molecule has 4 atom stereocenters. The predicted molar refractivity (Wildman–Crippen MR) is 147 cm³/mol. The number of halogens is 3. The van der Waals surface area contributed by atoms with Gasteiger partial charge in [-0.3, -0.25) is 5.01 Å². The second-order valence-corrected chi connectivity index (χ2v) is 11.3. The molecular formula is C24H30BrClIN3O5. The summed E-state index contributed by atoms with van der Waals surface area (Å²) in [5.74, 6) is 1.43. The molecule has 0 radical (unpaired) electrons. The average Bonchev–Trinajstić information content (AvgIpc) is 3.20. The van der Waals surface area contributed by atoms with Crippen LogP contribution in [0.1, 0.15) is 25.0 Å². The van der Waals surface area contributed by atoms with Crippen molar-refractivity contribution in [2.24, 2.45) is 10.3 Å². The smallest absolute Gasteiger partial charge is 0.133 e. The maximum atomic E-state index is 10.3. The van der Waals surface area contributed by atoms with E-state index >= 15 is 0 Å². The molecule has 0 aromatic heterocycles. The van der Waals surface area contributed by atoms with Gasteiger partial charge in [0.15, 0.2) is 0 Å². The van der Waals surface area contributed by atoms with E-state index in [2.05, 4.69) is 62.7 Å². The average molecular weight is 683 g/mol. The van der Waals surface area contributed by atoms with Crippen LogP contribution in [0.4, 0.5) is 0 Å². The first kappa shape index (κ1) is 28.4. The molecular weight excluding hydrogens is 653 g/mol. The summed E-state index contributed by atoms with van der Waals surface area (Å²) in [5.41, 5.74) is 1.91. The molecule has 3 N–H and O–H groups in total. The molecule has 0 saturated heterocycles. The van der Waals surface area contributed by atoms with E-state index in [-0.39, 0.29) is 47.8 Å². The summed E-state index contributed by atoms with van der Waals surface area (Å²) in [7, 11) is 0. The van der Waals surface area contributed by atoms with Gasteiger partial charge in [0.1, 0.15) is 47.0 Å². The van der Waals surface area contributed by atoms with E-state index in [0.717, 1.165) is 15.6 Å². The van der Waals surface area contributed by atoms with Crippen LogP contribution >= 0.6 is 50.1 Å². The van der Waals surface area contributed by atoms with Crippen molar-refractivity contribution in [2.75, 3.05) is 32.2 Å². The van der Waals surface area contributed by atoms with Crippen LogP contribution in [0, 0.1) is 0 Å². The van der Waals surface area contributed by atoms with Crippen molar-refractivity contribution in [2.45, 2.75) is 41.6 Å². The Kier molecular flexibility index (Phi) is 10.4. The largest absolute Gasteiger partial charge is 0.491 e. The van der Waals surface area contributed by atoms with Crippen molar-refractivity contribution in [1.82, 2.24) is 5.01 Å². The van der Waals surface area contributed by atoms with Crippen LogP contribution in [0.3, 0.4) is 0 Å². The van der Waals surface area contributed by atoms with Crippen molar-refractivity contribution in [3.8, 4) is 11.5 Å². The van der Waals surface area contributed by atoms with E-state index in [1.54, 1.807) is 5.01 Å². The minimum Gasteiger partial charge on any atom is -0.491 e. The number of hydrogen-bond acceptors (Lipinski definition) is 8. The lowest BCUT2D eigenvalue weighted by Gasteiger charge is -2.27. The molecule has 3 rings (SSSR count). The predicted octanol–water partition coefficient (Wildman–Crippen LogP) is 4.30. The van der Waals surface area contributed by atoms with Gasteiger partial charge in [-0.1, -0.05) is 59.9 Å². The molecule has 0 spiro atoms. The first-order valence-corrected chi connectivity index (χ1v) is 13.7. The van der Waals surface area contributed by atoms with E-state index in [1.807, 2.05) is 42.5 Å². The number of hydrogen-bond donors (Lipinski definition) is 3. The van der Waals surface area contributed by atoms with E-state index in [9.17, 15) is 15.3 Å². The van der Waals surface area contributed by atoms with Crippen LogP contribution < -0.4 is 9.47 Å². The molecule has 1 aliphatic heterocycles. The third-order valence-electron chi connectivity index (χ3n) is 5.78. The van der Waals surface area contributed by atoms with Gasteiger partial charge >= 0.3 is 0 Å². The fraction of sp³-hybridized carbons (Fsp3) is 0.500. The summed E-state index contributed by atoms with van der Waals surface area (Å²) in [4.78, 5) is 0. The van der Waals surface area contributed by atoms with Crippen LogP contribution in [0.2, 0.25) is 0 Å². The first-order valence-electron chi connectivity index (χ1n) is 11.2. The Bertz CT molecular complexity index is 998. The van der Waals surface area contributed by atoms with Crippen molar-refractivity contribution in [3.05, 3.63) is 58.1 Å². The highest BCUT2D eigenvalue weighted by Gasteiger charge is 2.31. The monoisotopic (exact) mass is 681 g/mol. The molecule has 35 heavy (non-hydrogen) atoms. The molecule has 0 amide bonds. The minimum absolute atomic E-state index is 0.0729. The van der Waals surface area contributed by atoms with Crippen LogP contribution in [-0.4, -0.2) is 74.9 Å². The maximum Gasteiger partial charge on any atom is 0.133 e. The van der Waals surface area contributed by atoms with Crippen LogP contribution in [0.25, 0.3) is 0 Å². The van der Waals surface area contributed by atoms with E-state index < -0.39 is 12.2 Å². The molecule has 2 unspecified atom stereocenters. The Morgan fingerprint density at radius 1 is 1.09 bits per heavy atom. The maximum absolute atomic E-state index is 10.3. The van der Waals surface area contributed by atoms with Crippen molar-refractivity contribution >= 4 is 50.1 Å². The number of benzene rings is 2. The van der Waals surface area contributed by atoms with Crippen LogP contribution in [0.15, 0.2) is 57.3 Å². The molecule has 1 aliphatic rings. The highest BCUT2D eigenvalue weighted by Crippen LogP contribution is 2.36. The number of β-amino-alcohol motifs (C(OH)–C–C–N with tert-alkyl or cyclic N) is 1. The van der Waals surface area contributed by atoms with Crippen LogP contribution in [0.5, 0.6) is 11.5 Å². The Labute approximate surface area is 232 Å². The number of rotatable bonds is 12. The minimum atomic E-state index is -0.747. The fourth-order valence-electron chi connectivity index (χ4n) is 3.53. The van der Waals surface area contributed by atoms with Gasteiger partial charge < -0.3 is 24.8 Å². The number of nitrogens with zero attached hydrogens (tertiary/aromatic N) is 3. The molecule has 2 aromatic rings. The van der Waals surface area contributed by atoms with E-state index in [0.29, 0.717) is 11.5 Å². The standard InChI is InChI=1S/C24H30BrClIN3O5/c1-24(2,16-5-8-22(20(25)9-16)35-13-17(32)10-26)15-3-6-19(7-4-15)34-14-18(33)11-30-23(27)21(12-31)28-29-30/h3-9,17-18,21,23,31-33H,10-14H2,1-2H3/t17-,18+,21?,23?/m0/s1. The zero-order valence-corrected chi connectivity index (χ0v) is 24.0. The second-order valence-electron chi connectivity index (χ2n) is 8.83. The van der Waals surface area contributed by atoms with Gasteiger partial charge in [0.05, 0.1) is 23.5 Å². The Morgan fingerprint density at radius 2 is 1.74 bits per heavy atom. The van der Waals surface area contributed by atoms with E-state index in [4.69, 9.17) is 21.1 Å². The quantitative estimate of drug-likeness (QED) is 0.175. The van der Waals surface area contributed by atoms with Gasteiger partial charge in [0.25, 0.3) is 0 Å². The summed E-state index contributed by atoms with van der Waals surface area (Å²) in [6.07, 6.45) is -1.46. The van der Waals surface area contributed by atoms with Gasteiger partial charge in [-0.05, 0) is 51.3 Å². The summed E-state index contributed by atoms with van der Waals surface area (Å²) in [6.45, 7) is 4.72. The molecule has 192 valence electrons. The third-order valence-corrected chi connectivity index (χ3v) is 8.23. The summed E-state index contributed by atoms with van der Waals surface area (Å²) in [6, 6.07) is 13.4. The van der Waals surface area contributed by atoms with E-state index in [1.165, 1.54) is 0 Å².